The summed E-state index contributed by atoms with van der Waals surface area (Å²) < 4.78 is 51.7. The predicted molar refractivity (Wildman–Crippen MR) is 227 cm³/mol. The minimum atomic E-state index is -2.02. The zero-order valence-electron chi connectivity index (χ0n) is 32.8. The minimum Gasteiger partial charge on any atom is -0.497 e. The first kappa shape index (κ1) is 37.5. The number of rotatable bonds is 7. The summed E-state index contributed by atoms with van der Waals surface area (Å²) >= 11 is 0. The molecule has 8 nitrogen and oxygen atoms in total. The van der Waals surface area contributed by atoms with Gasteiger partial charge in [-0.3, -0.25) is 0 Å². The molecule has 0 fully saturated rings. The molecule has 2 unspecified atom stereocenters. The normalized spacial score (nSPS) is 16.5. The first-order valence-electron chi connectivity index (χ1n) is 18.3. The lowest BCUT2D eigenvalue weighted by molar-refractivity contribution is 0.349. The van der Waals surface area contributed by atoms with E-state index in [-0.39, 0.29) is 0 Å². The van der Waals surface area contributed by atoms with E-state index in [4.69, 9.17) is 36.6 Å². The molecule has 8 rings (SSSR count). The fourth-order valence-corrected chi connectivity index (χ4v) is 9.12. The smallest absolute Gasteiger partial charge is 0.497 e. The molecule has 2 aliphatic rings. The van der Waals surface area contributed by atoms with Crippen LogP contribution in [0, 0.1) is 0 Å². The Kier molecular flexibility index (Phi) is 9.55. The molecule has 0 spiro atoms. The largest absolute Gasteiger partial charge is 0.530 e. The molecule has 2 atom stereocenters. The van der Waals surface area contributed by atoms with Crippen LogP contribution in [-0.4, -0.2) is 14.2 Å². The van der Waals surface area contributed by atoms with E-state index >= 15 is 0 Å². The SMILES string of the molecule is C=C1OP(Oc2c(-c3cc(OC)cc(C(C)(C)C)c3OP3OC(=C)c4ccc5ccccc5c4O3)cc(OC)cc2C(C)(C)C)Oc2c1ccc1ccccc21. The molecule has 2 aliphatic heterocycles. The van der Waals surface area contributed by atoms with Gasteiger partial charge in [-0.15, -0.1) is 0 Å². The van der Waals surface area contributed by atoms with Crippen LogP contribution in [-0.2, 0) is 19.9 Å². The Labute approximate surface area is 330 Å². The second-order valence-corrected chi connectivity index (χ2v) is 17.8. The van der Waals surface area contributed by atoms with Crippen molar-refractivity contribution in [2.45, 2.75) is 52.4 Å². The third-order valence-electron chi connectivity index (χ3n) is 9.90. The van der Waals surface area contributed by atoms with E-state index in [1.807, 2.05) is 84.9 Å². The molecule has 0 amide bonds. The zero-order chi connectivity index (χ0) is 39.5. The highest BCUT2D eigenvalue weighted by atomic mass is 31.2. The van der Waals surface area contributed by atoms with Gasteiger partial charge in [0, 0.05) is 33.0 Å². The third kappa shape index (κ3) is 6.86. The number of fused-ring (bicyclic) bond motifs is 6. The van der Waals surface area contributed by atoms with E-state index in [1.165, 1.54) is 0 Å². The molecule has 0 aliphatic carbocycles. The Balaban J connectivity index is 1.30. The highest BCUT2D eigenvalue weighted by Crippen LogP contribution is 2.60. The summed E-state index contributed by atoms with van der Waals surface area (Å²) in [7, 11) is -0.736. The Hall–Kier alpha value is -5.42. The predicted octanol–water partition coefficient (Wildman–Crippen LogP) is 13.6. The Bertz CT molecular complexity index is 2370. The van der Waals surface area contributed by atoms with Crippen molar-refractivity contribution in [1.29, 1.82) is 0 Å². The van der Waals surface area contributed by atoms with E-state index < -0.39 is 28.0 Å². The van der Waals surface area contributed by atoms with Crippen molar-refractivity contribution in [2.75, 3.05) is 14.2 Å². The molecule has 10 heteroatoms. The molecular weight excluding hydrogens is 742 g/mol. The molecule has 0 bridgehead atoms. The summed E-state index contributed by atoms with van der Waals surface area (Å²) in [4.78, 5) is 0. The lowest BCUT2D eigenvalue weighted by atomic mass is 9.81. The van der Waals surface area contributed by atoms with Crippen LogP contribution in [0.2, 0.25) is 0 Å². The van der Waals surface area contributed by atoms with Crippen LogP contribution in [0.1, 0.15) is 63.8 Å². The first-order valence-corrected chi connectivity index (χ1v) is 20.5. The molecule has 56 heavy (non-hydrogen) atoms. The fourth-order valence-electron chi connectivity index (χ4n) is 6.96. The number of hydrogen-bond donors (Lipinski definition) is 0. The van der Waals surface area contributed by atoms with E-state index in [0.717, 1.165) is 43.8 Å². The molecule has 286 valence electrons. The van der Waals surface area contributed by atoms with Crippen molar-refractivity contribution in [3.05, 3.63) is 132 Å². The maximum absolute atomic E-state index is 6.97. The molecule has 0 radical (unpaired) electrons. The van der Waals surface area contributed by atoms with E-state index in [9.17, 15) is 0 Å². The Morgan fingerprint density at radius 1 is 0.482 bits per heavy atom. The second kappa shape index (κ2) is 14.3. The Morgan fingerprint density at radius 3 is 1.25 bits per heavy atom. The van der Waals surface area contributed by atoms with Gasteiger partial charge in [-0.2, -0.15) is 0 Å². The average molecular weight is 787 g/mol. The standard InChI is InChI=1S/C46H44O8P2/c1-27-33-21-19-29-15-11-13-17-35(29)41(33)51-55(49-27)53-43-37(23-31(47-9)25-39(43)45(3,4)5)38-24-32(48-10)26-40(46(6,7)8)44(38)54-56-50-28(2)34-22-20-30-16-12-14-18-36(30)42(34)52-56/h11-26H,1-2H2,3-10H3. The number of hydrogen-bond acceptors (Lipinski definition) is 8. The summed E-state index contributed by atoms with van der Waals surface area (Å²) in [6.45, 7) is 21.3. The van der Waals surface area contributed by atoms with Gasteiger partial charge in [-0.25, -0.2) is 0 Å². The van der Waals surface area contributed by atoms with Crippen LogP contribution in [0.3, 0.4) is 0 Å². The van der Waals surface area contributed by atoms with Gasteiger partial charge in [0.05, 0.1) is 25.3 Å². The van der Waals surface area contributed by atoms with Gasteiger partial charge in [0.15, 0.2) is 0 Å². The zero-order valence-corrected chi connectivity index (χ0v) is 34.6. The van der Waals surface area contributed by atoms with Gasteiger partial charge in [0.2, 0.25) is 0 Å². The van der Waals surface area contributed by atoms with Crippen LogP contribution in [0.15, 0.2) is 110 Å². The third-order valence-corrected chi connectivity index (χ3v) is 12.0. The summed E-state index contributed by atoms with van der Waals surface area (Å²) in [6, 6.07) is 32.0. The van der Waals surface area contributed by atoms with Gasteiger partial charge >= 0.3 is 17.2 Å². The fraction of sp³-hybridized carbons (Fsp3) is 0.217. The lowest BCUT2D eigenvalue weighted by Gasteiger charge is -2.32. The summed E-state index contributed by atoms with van der Waals surface area (Å²) in [6.07, 6.45) is 0. The van der Waals surface area contributed by atoms with Gasteiger partial charge < -0.3 is 36.6 Å². The van der Waals surface area contributed by atoms with Gasteiger partial charge in [-0.1, -0.05) is 115 Å². The van der Waals surface area contributed by atoms with Crippen molar-refractivity contribution in [2.24, 2.45) is 0 Å². The molecule has 0 saturated carbocycles. The van der Waals surface area contributed by atoms with Crippen molar-refractivity contribution in [3.8, 4) is 45.6 Å². The van der Waals surface area contributed by atoms with Crippen LogP contribution < -0.4 is 27.6 Å². The molecule has 0 aromatic heterocycles. The highest BCUT2D eigenvalue weighted by molar-refractivity contribution is 7.43. The lowest BCUT2D eigenvalue weighted by Crippen LogP contribution is -2.17. The monoisotopic (exact) mass is 786 g/mol. The van der Waals surface area contributed by atoms with Gasteiger partial charge in [0.25, 0.3) is 0 Å². The van der Waals surface area contributed by atoms with Crippen LogP contribution >= 0.6 is 17.2 Å². The summed E-state index contributed by atoms with van der Waals surface area (Å²) in [5.41, 5.74) is 3.81. The van der Waals surface area contributed by atoms with Crippen molar-refractivity contribution in [3.63, 3.8) is 0 Å². The topological polar surface area (TPSA) is 73.8 Å². The van der Waals surface area contributed by atoms with Crippen LogP contribution in [0.25, 0.3) is 44.2 Å². The number of ether oxygens (including phenoxy) is 2. The molecule has 6 aromatic carbocycles. The van der Waals surface area contributed by atoms with Crippen LogP contribution in [0.5, 0.6) is 34.5 Å². The minimum absolute atomic E-state index is 0.416. The van der Waals surface area contributed by atoms with Crippen molar-refractivity contribution >= 4 is 50.3 Å². The molecule has 0 saturated heterocycles. The van der Waals surface area contributed by atoms with Gasteiger partial charge in [-0.05, 0) is 58.0 Å². The maximum atomic E-state index is 6.97. The summed E-state index contributed by atoms with van der Waals surface area (Å²) in [5.74, 6) is 4.62. The van der Waals surface area contributed by atoms with E-state index in [2.05, 4.69) is 66.8 Å². The molecule has 2 heterocycles. The first-order chi connectivity index (χ1) is 26.7. The quantitative estimate of drug-likeness (QED) is 0.148. The number of benzene rings is 6. The summed E-state index contributed by atoms with van der Waals surface area (Å²) in [5, 5.41) is 3.97. The molecule has 6 aromatic rings. The maximum Gasteiger partial charge on any atom is 0.530 e. The second-order valence-electron chi connectivity index (χ2n) is 15.8. The molecule has 0 N–H and O–H groups in total. The van der Waals surface area contributed by atoms with Gasteiger partial charge in [0.1, 0.15) is 46.0 Å². The number of methoxy groups -OCH3 is 2. The van der Waals surface area contributed by atoms with E-state index in [0.29, 0.717) is 57.1 Å². The van der Waals surface area contributed by atoms with Crippen molar-refractivity contribution in [1.82, 2.24) is 0 Å². The van der Waals surface area contributed by atoms with Crippen LogP contribution in [0.4, 0.5) is 0 Å². The molecular formula is C46H44O8P2. The highest BCUT2D eigenvalue weighted by Gasteiger charge is 2.38. The Morgan fingerprint density at radius 2 is 0.875 bits per heavy atom. The average Bonchev–Trinajstić information content (AvgIpc) is 3.17. The van der Waals surface area contributed by atoms with E-state index in [1.54, 1.807) is 14.2 Å². The van der Waals surface area contributed by atoms with Crippen molar-refractivity contribution < 1.29 is 36.6 Å².